The van der Waals surface area contributed by atoms with Gasteiger partial charge in [0.1, 0.15) is 0 Å². The summed E-state index contributed by atoms with van der Waals surface area (Å²) < 4.78 is 5.31. The van der Waals surface area contributed by atoms with Crippen molar-refractivity contribution < 1.29 is 9.84 Å². The van der Waals surface area contributed by atoms with Crippen LogP contribution in [-0.4, -0.2) is 28.5 Å². The van der Waals surface area contributed by atoms with Gasteiger partial charge in [0, 0.05) is 18.1 Å². The number of rotatable bonds is 3. The molecule has 2 rings (SSSR count). The first-order chi connectivity index (χ1) is 7.72. The van der Waals surface area contributed by atoms with Crippen molar-refractivity contribution in [3.8, 4) is 0 Å². The Kier molecular flexibility index (Phi) is 3.51. The summed E-state index contributed by atoms with van der Waals surface area (Å²) in [4.78, 5) is 0. The van der Waals surface area contributed by atoms with E-state index in [1.165, 1.54) is 0 Å². The molecule has 0 radical (unpaired) electrons. The fraction of sp³-hybridized carbons (Fsp3) is 0.667. The standard InChI is InChI=1S/C12H18N2O2/c1-3-11-10(6-8(2)13-14-11)12(15)9-4-5-16-7-9/h6,9,12,15H,3-5,7H2,1-2H3. The number of hydrogen-bond donors (Lipinski definition) is 1. The summed E-state index contributed by atoms with van der Waals surface area (Å²) in [5.74, 6) is 0.203. The minimum absolute atomic E-state index is 0.203. The fourth-order valence-corrected chi connectivity index (χ4v) is 2.12. The Bertz CT molecular complexity index is 362. The molecular formula is C12H18N2O2. The van der Waals surface area contributed by atoms with E-state index in [1.54, 1.807) is 0 Å². The highest BCUT2D eigenvalue weighted by Crippen LogP contribution is 2.30. The number of ether oxygens (including phenoxy) is 1. The Hall–Kier alpha value is -1.00. The Morgan fingerprint density at radius 2 is 2.38 bits per heavy atom. The fourth-order valence-electron chi connectivity index (χ4n) is 2.12. The van der Waals surface area contributed by atoms with Crippen LogP contribution in [0.4, 0.5) is 0 Å². The van der Waals surface area contributed by atoms with E-state index in [2.05, 4.69) is 10.2 Å². The maximum Gasteiger partial charge on any atom is 0.0859 e. The van der Waals surface area contributed by atoms with Gasteiger partial charge in [-0.2, -0.15) is 10.2 Å². The molecular weight excluding hydrogens is 204 g/mol. The lowest BCUT2D eigenvalue weighted by Crippen LogP contribution is -2.16. The molecule has 0 bridgehead atoms. The molecule has 1 fully saturated rings. The number of aromatic nitrogens is 2. The SMILES string of the molecule is CCc1nnc(C)cc1C(O)C1CCOC1. The third-order valence-electron chi connectivity index (χ3n) is 3.09. The van der Waals surface area contributed by atoms with Crippen molar-refractivity contribution in [3.63, 3.8) is 0 Å². The van der Waals surface area contributed by atoms with Crippen molar-refractivity contribution in [2.75, 3.05) is 13.2 Å². The number of hydrogen-bond acceptors (Lipinski definition) is 4. The molecule has 2 heterocycles. The Morgan fingerprint density at radius 1 is 1.56 bits per heavy atom. The van der Waals surface area contributed by atoms with Crippen LogP contribution in [0.15, 0.2) is 6.07 Å². The van der Waals surface area contributed by atoms with Crippen molar-refractivity contribution >= 4 is 0 Å². The summed E-state index contributed by atoms with van der Waals surface area (Å²) in [6.07, 6.45) is 1.26. The van der Waals surface area contributed by atoms with E-state index < -0.39 is 6.10 Å². The van der Waals surface area contributed by atoms with Gasteiger partial charge in [0.2, 0.25) is 0 Å². The summed E-state index contributed by atoms with van der Waals surface area (Å²) in [7, 11) is 0. The topological polar surface area (TPSA) is 55.2 Å². The average molecular weight is 222 g/mol. The van der Waals surface area contributed by atoms with E-state index >= 15 is 0 Å². The summed E-state index contributed by atoms with van der Waals surface area (Å²) in [6.45, 7) is 5.32. The zero-order valence-corrected chi connectivity index (χ0v) is 9.81. The second-order valence-electron chi connectivity index (χ2n) is 4.31. The summed E-state index contributed by atoms with van der Waals surface area (Å²) in [6, 6.07) is 1.94. The Labute approximate surface area is 95.7 Å². The van der Waals surface area contributed by atoms with Gasteiger partial charge in [-0.1, -0.05) is 6.92 Å². The van der Waals surface area contributed by atoms with Crippen LogP contribution >= 0.6 is 0 Å². The molecule has 16 heavy (non-hydrogen) atoms. The molecule has 2 unspecified atom stereocenters. The van der Waals surface area contributed by atoms with Crippen LogP contribution in [0.5, 0.6) is 0 Å². The zero-order valence-electron chi connectivity index (χ0n) is 9.81. The lowest BCUT2D eigenvalue weighted by atomic mass is 9.93. The van der Waals surface area contributed by atoms with Crippen LogP contribution in [0.2, 0.25) is 0 Å². The predicted molar refractivity (Wildman–Crippen MR) is 60.0 cm³/mol. The zero-order chi connectivity index (χ0) is 11.5. The van der Waals surface area contributed by atoms with E-state index in [9.17, 15) is 5.11 Å². The molecule has 4 nitrogen and oxygen atoms in total. The third kappa shape index (κ3) is 2.23. The molecule has 0 aromatic carbocycles. The Balaban J connectivity index is 2.26. The largest absolute Gasteiger partial charge is 0.388 e. The minimum atomic E-state index is -0.466. The number of aliphatic hydroxyl groups excluding tert-OH is 1. The molecule has 1 saturated heterocycles. The van der Waals surface area contributed by atoms with Crippen molar-refractivity contribution in [3.05, 3.63) is 23.0 Å². The summed E-state index contributed by atoms with van der Waals surface area (Å²) in [5, 5.41) is 18.5. The molecule has 1 N–H and O–H groups in total. The number of nitrogens with zero attached hydrogens (tertiary/aromatic N) is 2. The first kappa shape index (κ1) is 11.5. The maximum atomic E-state index is 10.3. The van der Waals surface area contributed by atoms with Crippen LogP contribution in [0.25, 0.3) is 0 Å². The van der Waals surface area contributed by atoms with E-state index in [4.69, 9.17) is 4.74 Å². The van der Waals surface area contributed by atoms with Crippen LogP contribution < -0.4 is 0 Å². The molecule has 1 aromatic heterocycles. The molecule has 88 valence electrons. The van der Waals surface area contributed by atoms with E-state index in [0.29, 0.717) is 6.61 Å². The van der Waals surface area contributed by atoms with E-state index in [-0.39, 0.29) is 5.92 Å². The lowest BCUT2D eigenvalue weighted by Gasteiger charge is -2.19. The van der Waals surface area contributed by atoms with Crippen LogP contribution in [-0.2, 0) is 11.2 Å². The predicted octanol–water partition coefficient (Wildman–Crippen LogP) is 1.42. The van der Waals surface area contributed by atoms with Gasteiger partial charge in [-0.05, 0) is 25.8 Å². The van der Waals surface area contributed by atoms with Crippen LogP contribution in [0.1, 0.15) is 36.4 Å². The highest BCUT2D eigenvalue weighted by atomic mass is 16.5. The van der Waals surface area contributed by atoms with Crippen LogP contribution in [0.3, 0.4) is 0 Å². The van der Waals surface area contributed by atoms with E-state index in [1.807, 2.05) is 19.9 Å². The second kappa shape index (κ2) is 4.89. The molecule has 4 heteroatoms. The van der Waals surface area contributed by atoms with Gasteiger partial charge in [-0.15, -0.1) is 0 Å². The molecule has 0 spiro atoms. The monoisotopic (exact) mass is 222 g/mol. The number of aryl methyl sites for hydroxylation is 2. The normalized spacial score (nSPS) is 22.3. The van der Waals surface area contributed by atoms with Gasteiger partial charge in [-0.3, -0.25) is 0 Å². The van der Waals surface area contributed by atoms with Gasteiger partial charge in [0.15, 0.2) is 0 Å². The quantitative estimate of drug-likeness (QED) is 0.840. The molecule has 0 amide bonds. The van der Waals surface area contributed by atoms with Gasteiger partial charge in [-0.25, -0.2) is 0 Å². The van der Waals surface area contributed by atoms with Crippen molar-refractivity contribution in [2.24, 2.45) is 5.92 Å². The molecule has 1 aromatic rings. The third-order valence-corrected chi connectivity index (χ3v) is 3.09. The minimum Gasteiger partial charge on any atom is -0.388 e. The van der Waals surface area contributed by atoms with Gasteiger partial charge in [0.05, 0.1) is 24.1 Å². The smallest absolute Gasteiger partial charge is 0.0859 e. The highest BCUT2D eigenvalue weighted by Gasteiger charge is 2.27. The van der Waals surface area contributed by atoms with Crippen molar-refractivity contribution in [1.82, 2.24) is 10.2 Å². The van der Waals surface area contributed by atoms with Gasteiger partial charge in [0.25, 0.3) is 0 Å². The highest BCUT2D eigenvalue weighted by molar-refractivity contribution is 5.24. The Morgan fingerprint density at radius 3 is 3.00 bits per heavy atom. The van der Waals surface area contributed by atoms with Crippen molar-refractivity contribution in [2.45, 2.75) is 32.8 Å². The maximum absolute atomic E-state index is 10.3. The second-order valence-corrected chi connectivity index (χ2v) is 4.31. The molecule has 1 aliphatic heterocycles. The van der Waals surface area contributed by atoms with Gasteiger partial charge >= 0.3 is 0 Å². The molecule has 0 saturated carbocycles. The summed E-state index contributed by atoms with van der Waals surface area (Å²) in [5.41, 5.74) is 2.67. The molecule has 2 atom stereocenters. The van der Waals surface area contributed by atoms with Crippen molar-refractivity contribution in [1.29, 1.82) is 0 Å². The van der Waals surface area contributed by atoms with E-state index in [0.717, 1.165) is 36.4 Å². The lowest BCUT2D eigenvalue weighted by molar-refractivity contribution is 0.0906. The van der Waals surface area contributed by atoms with Crippen LogP contribution in [0, 0.1) is 12.8 Å². The number of aliphatic hydroxyl groups is 1. The first-order valence-corrected chi connectivity index (χ1v) is 5.81. The first-order valence-electron chi connectivity index (χ1n) is 5.81. The average Bonchev–Trinajstić information content (AvgIpc) is 2.81. The molecule has 1 aliphatic rings. The molecule has 0 aliphatic carbocycles. The summed E-state index contributed by atoms with van der Waals surface area (Å²) >= 11 is 0. The van der Waals surface area contributed by atoms with Gasteiger partial charge < -0.3 is 9.84 Å².